The molecule has 2 amide bonds. The van der Waals surface area contributed by atoms with Crippen LogP contribution in [0, 0.1) is 12.7 Å². The first kappa shape index (κ1) is 19.4. The maximum absolute atomic E-state index is 13.6. The second-order valence-corrected chi connectivity index (χ2v) is 7.63. The Kier molecular flexibility index (Phi) is 5.74. The maximum atomic E-state index is 13.6. The molecule has 0 radical (unpaired) electrons. The summed E-state index contributed by atoms with van der Waals surface area (Å²) >= 11 is 0. The minimum atomic E-state index is -0.355. The van der Waals surface area contributed by atoms with E-state index in [1.165, 1.54) is 25.3 Å². The van der Waals surface area contributed by atoms with E-state index in [-0.39, 0.29) is 11.8 Å². The molecular weight excluding hydrogens is 369 g/mol. The molecule has 2 N–H and O–H groups in total. The van der Waals surface area contributed by atoms with E-state index in [2.05, 4.69) is 20.2 Å². The molecule has 2 aromatic heterocycles. The fraction of sp³-hybridized carbons (Fsp3) is 0.409. The highest BCUT2D eigenvalue weighted by Crippen LogP contribution is 2.31. The van der Waals surface area contributed by atoms with Crippen LogP contribution >= 0.6 is 0 Å². The Morgan fingerprint density at radius 1 is 1.24 bits per heavy atom. The van der Waals surface area contributed by atoms with E-state index >= 15 is 0 Å². The van der Waals surface area contributed by atoms with Gasteiger partial charge in [-0.15, -0.1) is 0 Å². The van der Waals surface area contributed by atoms with Crippen molar-refractivity contribution in [1.29, 1.82) is 0 Å². The third-order valence-electron chi connectivity index (χ3n) is 5.53. The number of nitrogens with one attached hydrogen (secondary N) is 2. The minimum Gasteiger partial charge on any atom is -0.337 e. The van der Waals surface area contributed by atoms with Gasteiger partial charge in [-0.1, -0.05) is 25.3 Å². The largest absolute Gasteiger partial charge is 0.337 e. The molecule has 3 aromatic rings. The normalized spacial score (nSPS) is 14.8. The number of rotatable bonds is 5. The van der Waals surface area contributed by atoms with E-state index < -0.39 is 0 Å². The maximum Gasteiger partial charge on any atom is 0.319 e. The van der Waals surface area contributed by atoms with Crippen LogP contribution in [0.2, 0.25) is 0 Å². The van der Waals surface area contributed by atoms with Gasteiger partial charge in [0.25, 0.3) is 0 Å². The summed E-state index contributed by atoms with van der Waals surface area (Å²) in [6.45, 7) is 2.13. The number of anilines is 1. The first-order valence-corrected chi connectivity index (χ1v) is 10.2. The summed E-state index contributed by atoms with van der Waals surface area (Å²) in [5.74, 6) is 0.615. The molecule has 29 heavy (non-hydrogen) atoms. The second-order valence-electron chi connectivity index (χ2n) is 7.63. The van der Waals surface area contributed by atoms with Crippen LogP contribution in [0.25, 0.3) is 11.2 Å². The van der Waals surface area contributed by atoms with E-state index in [1.54, 1.807) is 25.3 Å². The van der Waals surface area contributed by atoms with Crippen molar-refractivity contribution < 1.29 is 9.18 Å². The van der Waals surface area contributed by atoms with E-state index in [0.29, 0.717) is 30.3 Å². The van der Waals surface area contributed by atoms with Crippen molar-refractivity contribution in [2.45, 2.75) is 51.5 Å². The molecule has 0 saturated heterocycles. The average Bonchev–Trinajstić information content (AvgIpc) is 3.09. The van der Waals surface area contributed by atoms with Crippen LogP contribution in [0.3, 0.4) is 0 Å². The Morgan fingerprint density at radius 3 is 2.86 bits per heavy atom. The van der Waals surface area contributed by atoms with Gasteiger partial charge in [0.15, 0.2) is 5.65 Å². The van der Waals surface area contributed by atoms with E-state index in [0.717, 1.165) is 29.8 Å². The van der Waals surface area contributed by atoms with Crippen LogP contribution in [0.1, 0.15) is 49.5 Å². The molecule has 0 atom stereocenters. The topological polar surface area (TPSA) is 71.8 Å². The Morgan fingerprint density at radius 2 is 2.07 bits per heavy atom. The van der Waals surface area contributed by atoms with Gasteiger partial charge >= 0.3 is 6.03 Å². The smallest absolute Gasteiger partial charge is 0.319 e. The third kappa shape index (κ3) is 4.39. The molecule has 6 nitrogen and oxygen atoms in total. The van der Waals surface area contributed by atoms with Gasteiger partial charge in [0.2, 0.25) is 0 Å². The van der Waals surface area contributed by atoms with Crippen molar-refractivity contribution in [2.24, 2.45) is 0 Å². The van der Waals surface area contributed by atoms with Gasteiger partial charge in [-0.3, -0.25) is 0 Å². The number of halogens is 1. The molecule has 0 bridgehead atoms. The van der Waals surface area contributed by atoms with Crippen LogP contribution in [0.15, 0.2) is 36.5 Å². The molecule has 1 aliphatic rings. The highest BCUT2D eigenvalue weighted by molar-refractivity contribution is 5.89. The molecule has 1 fully saturated rings. The number of pyridine rings is 1. The van der Waals surface area contributed by atoms with Crippen molar-refractivity contribution in [3.05, 3.63) is 53.7 Å². The highest BCUT2D eigenvalue weighted by Gasteiger charge is 2.22. The van der Waals surface area contributed by atoms with Gasteiger partial charge in [0, 0.05) is 30.9 Å². The van der Waals surface area contributed by atoms with Crippen LogP contribution in [-0.2, 0) is 6.42 Å². The van der Waals surface area contributed by atoms with Crippen molar-refractivity contribution in [1.82, 2.24) is 19.9 Å². The van der Waals surface area contributed by atoms with Gasteiger partial charge in [0.05, 0.1) is 0 Å². The molecule has 0 spiro atoms. The van der Waals surface area contributed by atoms with Gasteiger partial charge in [-0.2, -0.15) is 0 Å². The fourth-order valence-corrected chi connectivity index (χ4v) is 4.01. The number of fused-ring (bicyclic) bond motifs is 1. The Bertz CT molecular complexity index is 1010. The number of carbonyl (C=O) groups excluding carboxylic acids is 1. The minimum absolute atomic E-state index is 0.337. The number of hydrogen-bond donors (Lipinski definition) is 2. The monoisotopic (exact) mass is 395 g/mol. The summed E-state index contributed by atoms with van der Waals surface area (Å²) in [5.41, 5.74) is 2.80. The van der Waals surface area contributed by atoms with Crippen LogP contribution in [0.5, 0.6) is 0 Å². The van der Waals surface area contributed by atoms with Crippen LogP contribution < -0.4 is 10.6 Å². The predicted molar refractivity (Wildman–Crippen MR) is 112 cm³/mol. The zero-order chi connectivity index (χ0) is 20.2. The summed E-state index contributed by atoms with van der Waals surface area (Å²) in [4.78, 5) is 21.5. The Labute approximate surface area is 169 Å². The van der Waals surface area contributed by atoms with Crippen molar-refractivity contribution >= 4 is 22.9 Å². The average molecular weight is 395 g/mol. The third-order valence-corrected chi connectivity index (χ3v) is 5.53. The van der Waals surface area contributed by atoms with Gasteiger partial charge in [-0.05, 0) is 49.6 Å². The highest BCUT2D eigenvalue weighted by atomic mass is 19.1. The summed E-state index contributed by atoms with van der Waals surface area (Å²) in [5, 5.41) is 5.51. The van der Waals surface area contributed by atoms with Crippen molar-refractivity contribution in [3.63, 3.8) is 0 Å². The standard InChI is InChI=1S/C22H26FN5O/c1-15-9-10-16(14-18(15)23)26-22(29)25-13-11-20-27-19-8-5-12-24-21(19)28(20)17-6-3-2-4-7-17/h5,8-10,12,14,17H,2-4,6-7,11,13H2,1H3,(H2,25,26,29). The van der Waals surface area contributed by atoms with Crippen molar-refractivity contribution in [2.75, 3.05) is 11.9 Å². The van der Waals surface area contributed by atoms with Crippen LogP contribution in [-0.4, -0.2) is 27.1 Å². The number of hydrogen-bond acceptors (Lipinski definition) is 3. The number of aromatic nitrogens is 3. The quantitative estimate of drug-likeness (QED) is 0.655. The number of benzene rings is 1. The first-order chi connectivity index (χ1) is 14.1. The van der Waals surface area contributed by atoms with Gasteiger partial charge < -0.3 is 15.2 Å². The Balaban J connectivity index is 1.42. The number of carbonyl (C=O) groups is 1. The zero-order valence-corrected chi connectivity index (χ0v) is 16.6. The zero-order valence-electron chi connectivity index (χ0n) is 16.6. The molecular formula is C22H26FN5O. The molecule has 4 rings (SSSR count). The number of nitrogens with zero attached hydrogens (tertiary/aromatic N) is 3. The molecule has 1 saturated carbocycles. The molecule has 7 heteroatoms. The van der Waals surface area contributed by atoms with Crippen molar-refractivity contribution in [3.8, 4) is 0 Å². The number of imidazole rings is 1. The lowest BCUT2D eigenvalue weighted by Crippen LogP contribution is -2.31. The number of urea groups is 1. The van der Waals surface area contributed by atoms with Crippen LogP contribution in [0.4, 0.5) is 14.9 Å². The second kappa shape index (κ2) is 8.59. The lowest BCUT2D eigenvalue weighted by molar-refractivity contribution is 0.252. The van der Waals surface area contributed by atoms with E-state index in [4.69, 9.17) is 4.98 Å². The summed E-state index contributed by atoms with van der Waals surface area (Å²) < 4.78 is 15.9. The molecule has 1 aromatic carbocycles. The summed E-state index contributed by atoms with van der Waals surface area (Å²) in [6, 6.07) is 8.60. The van der Waals surface area contributed by atoms with Gasteiger partial charge in [-0.25, -0.2) is 19.2 Å². The Hall–Kier alpha value is -2.96. The molecule has 2 heterocycles. The molecule has 152 valence electrons. The lowest BCUT2D eigenvalue weighted by atomic mass is 9.95. The molecule has 0 aliphatic heterocycles. The summed E-state index contributed by atoms with van der Waals surface area (Å²) in [6.07, 6.45) is 8.44. The fourth-order valence-electron chi connectivity index (χ4n) is 4.01. The lowest BCUT2D eigenvalue weighted by Gasteiger charge is -2.25. The summed E-state index contributed by atoms with van der Waals surface area (Å²) in [7, 11) is 0. The number of amides is 2. The van der Waals surface area contributed by atoms with Gasteiger partial charge in [0.1, 0.15) is 17.2 Å². The van der Waals surface area contributed by atoms with E-state index in [9.17, 15) is 9.18 Å². The van der Waals surface area contributed by atoms with E-state index in [1.807, 2.05) is 12.1 Å². The number of aryl methyl sites for hydroxylation is 1. The predicted octanol–water partition coefficient (Wildman–Crippen LogP) is 4.75. The SMILES string of the molecule is Cc1ccc(NC(=O)NCCc2nc3cccnc3n2C2CCCCC2)cc1F. The first-order valence-electron chi connectivity index (χ1n) is 10.2. The molecule has 0 unspecified atom stereocenters. The molecule has 1 aliphatic carbocycles.